The molecule has 0 aliphatic carbocycles. The fourth-order valence-corrected chi connectivity index (χ4v) is 4.31. The summed E-state index contributed by atoms with van der Waals surface area (Å²) in [5.74, 6) is 1.04. The van der Waals surface area contributed by atoms with Gasteiger partial charge in [0.15, 0.2) is 18.3 Å². The minimum atomic E-state index is 0.106. The van der Waals surface area contributed by atoms with E-state index >= 15 is 0 Å². The maximum atomic E-state index is 11.5. The number of nitrogens with zero attached hydrogens (tertiary/aromatic N) is 4. The monoisotopic (exact) mass is 422 g/mol. The summed E-state index contributed by atoms with van der Waals surface area (Å²) in [5, 5.41) is 4.86. The van der Waals surface area contributed by atoms with Crippen molar-refractivity contribution in [3.63, 3.8) is 0 Å². The number of quaternary nitrogens is 1. The molecule has 156 valence electrons. The Morgan fingerprint density at radius 3 is 2.33 bits per heavy atom. The lowest BCUT2D eigenvalue weighted by Gasteiger charge is -2.33. The average Bonchev–Trinajstić information content (AvgIpc) is 3.10. The predicted octanol–water partition coefficient (Wildman–Crippen LogP) is 2.67. The lowest BCUT2D eigenvalue weighted by molar-refractivity contribution is -0.924. The van der Waals surface area contributed by atoms with E-state index in [4.69, 9.17) is 17.3 Å². The van der Waals surface area contributed by atoms with E-state index in [-0.39, 0.29) is 5.78 Å². The minimum Gasteiger partial charge on any atom is -0.360 e. The van der Waals surface area contributed by atoms with E-state index in [2.05, 4.69) is 28.5 Å². The number of nitrogens with one attached hydrogen (secondary N) is 1. The Balaban J connectivity index is 1.43. The molecule has 2 heterocycles. The van der Waals surface area contributed by atoms with Crippen LogP contribution in [0.3, 0.4) is 0 Å². The summed E-state index contributed by atoms with van der Waals surface area (Å²) >= 11 is 5.73. The number of carbonyl (C=O) groups excluding carboxylic acids is 1. The number of hydrogen-bond acceptors (Lipinski definition) is 4. The van der Waals surface area contributed by atoms with Gasteiger partial charge in [-0.15, -0.1) is 5.10 Å². The van der Waals surface area contributed by atoms with Crippen molar-refractivity contribution in [2.24, 2.45) is 0 Å². The zero-order valence-electron chi connectivity index (χ0n) is 17.5. The smallest absolute Gasteiger partial charge is 0.203 e. The third-order valence-electron chi connectivity index (χ3n) is 5.75. The molecule has 1 aliphatic rings. The zero-order chi connectivity index (χ0) is 21.1. The van der Waals surface area contributed by atoms with E-state index in [1.165, 1.54) is 10.6 Å². The summed E-state index contributed by atoms with van der Waals surface area (Å²) in [6.45, 7) is 9.30. The van der Waals surface area contributed by atoms with E-state index in [1.807, 2.05) is 47.1 Å². The quantitative estimate of drug-likeness (QED) is 0.490. The number of Topliss-reactive ketones (excluding diaryl/α,β-unsaturated/α-hetero) is 1. The molecule has 3 aromatic rings. The van der Waals surface area contributed by atoms with Gasteiger partial charge in [0.2, 0.25) is 4.77 Å². The first-order valence-electron chi connectivity index (χ1n) is 10.5. The second-order valence-electron chi connectivity index (χ2n) is 7.71. The van der Waals surface area contributed by atoms with Gasteiger partial charge in [0.1, 0.15) is 0 Å². The number of ketones is 1. The van der Waals surface area contributed by atoms with Crippen molar-refractivity contribution in [3.05, 3.63) is 64.9 Å². The van der Waals surface area contributed by atoms with Crippen LogP contribution in [0.15, 0.2) is 54.6 Å². The van der Waals surface area contributed by atoms with E-state index in [0.717, 1.165) is 61.1 Å². The van der Waals surface area contributed by atoms with Crippen LogP contribution in [0.4, 0.5) is 5.69 Å². The van der Waals surface area contributed by atoms with Gasteiger partial charge in [-0.2, -0.15) is 4.68 Å². The van der Waals surface area contributed by atoms with E-state index in [9.17, 15) is 4.79 Å². The molecule has 7 heteroatoms. The lowest BCUT2D eigenvalue weighted by atomic mass is 10.1. The van der Waals surface area contributed by atoms with Crippen LogP contribution in [0.2, 0.25) is 0 Å². The van der Waals surface area contributed by atoms with Gasteiger partial charge in [-0.1, -0.05) is 30.3 Å². The molecule has 0 spiro atoms. The Kier molecular flexibility index (Phi) is 6.11. The summed E-state index contributed by atoms with van der Waals surface area (Å²) < 4.78 is 4.87. The molecule has 2 aromatic carbocycles. The van der Waals surface area contributed by atoms with Gasteiger partial charge in [0.05, 0.1) is 26.2 Å². The summed E-state index contributed by atoms with van der Waals surface area (Å²) in [7, 11) is 0. The van der Waals surface area contributed by atoms with Crippen molar-refractivity contribution < 1.29 is 9.69 Å². The van der Waals surface area contributed by atoms with Crippen LogP contribution < -0.4 is 9.80 Å². The van der Waals surface area contributed by atoms with Crippen molar-refractivity contribution in [1.29, 1.82) is 0 Å². The van der Waals surface area contributed by atoms with Crippen LogP contribution in [0, 0.1) is 4.77 Å². The van der Waals surface area contributed by atoms with E-state index < -0.39 is 0 Å². The Bertz CT molecular complexity index is 1060. The van der Waals surface area contributed by atoms with Gasteiger partial charge in [-0.3, -0.25) is 4.79 Å². The Morgan fingerprint density at radius 2 is 1.73 bits per heavy atom. The molecule has 0 unspecified atom stereocenters. The maximum Gasteiger partial charge on any atom is 0.203 e. The third-order valence-corrected chi connectivity index (χ3v) is 6.19. The Hall–Kier alpha value is -2.77. The van der Waals surface area contributed by atoms with Crippen LogP contribution in [0.1, 0.15) is 24.2 Å². The first kappa shape index (κ1) is 20.5. The predicted molar refractivity (Wildman–Crippen MR) is 122 cm³/mol. The highest BCUT2D eigenvalue weighted by Crippen LogP contribution is 2.18. The van der Waals surface area contributed by atoms with Crippen LogP contribution in [0.25, 0.3) is 11.4 Å². The highest BCUT2D eigenvalue weighted by atomic mass is 32.1. The van der Waals surface area contributed by atoms with Crippen molar-refractivity contribution >= 4 is 23.7 Å². The Labute approximate surface area is 182 Å². The number of hydrogen-bond donors (Lipinski definition) is 1. The van der Waals surface area contributed by atoms with Gasteiger partial charge >= 0.3 is 0 Å². The fraction of sp³-hybridized carbons (Fsp3) is 0.348. The number of carbonyl (C=O) groups is 1. The molecular weight excluding hydrogens is 394 g/mol. The molecule has 1 saturated heterocycles. The molecule has 0 saturated carbocycles. The number of anilines is 1. The standard InChI is InChI=1S/C23H27N5OS/c1-3-27-22(20-7-5-4-6-8-20)24-28(23(27)30)17-25-13-15-26(16-14-25)21-11-9-19(10-12-21)18(2)29/h4-12H,3,13-17H2,1-2H3/p+1. The largest absolute Gasteiger partial charge is 0.360 e. The maximum absolute atomic E-state index is 11.5. The number of aromatic nitrogens is 3. The van der Waals surface area contributed by atoms with Crippen molar-refractivity contribution in [2.45, 2.75) is 27.1 Å². The molecule has 0 atom stereocenters. The molecule has 4 rings (SSSR count). The molecular formula is C23H28N5OS+. The van der Waals surface area contributed by atoms with Gasteiger partial charge < -0.3 is 14.4 Å². The molecule has 1 fully saturated rings. The second kappa shape index (κ2) is 8.93. The highest BCUT2D eigenvalue weighted by molar-refractivity contribution is 7.71. The summed E-state index contributed by atoms with van der Waals surface area (Å²) in [4.78, 5) is 15.3. The molecule has 0 amide bonds. The Morgan fingerprint density at radius 1 is 1.07 bits per heavy atom. The minimum absolute atomic E-state index is 0.106. The first-order chi connectivity index (χ1) is 14.6. The van der Waals surface area contributed by atoms with Crippen LogP contribution in [0.5, 0.6) is 0 Å². The molecule has 6 nitrogen and oxygen atoms in total. The molecule has 1 aromatic heterocycles. The van der Waals surface area contributed by atoms with Crippen molar-refractivity contribution in [3.8, 4) is 11.4 Å². The molecule has 1 aliphatic heterocycles. The third kappa shape index (κ3) is 4.22. The first-order valence-corrected chi connectivity index (χ1v) is 10.9. The molecule has 1 N–H and O–H groups in total. The van der Waals surface area contributed by atoms with Gasteiger partial charge in [0, 0.05) is 23.4 Å². The summed E-state index contributed by atoms with van der Waals surface area (Å²) in [6, 6.07) is 18.2. The van der Waals surface area contributed by atoms with Gasteiger partial charge in [-0.05, 0) is 50.3 Å². The molecule has 0 bridgehead atoms. The van der Waals surface area contributed by atoms with Crippen LogP contribution in [-0.4, -0.2) is 46.3 Å². The van der Waals surface area contributed by atoms with E-state index in [0.29, 0.717) is 0 Å². The van der Waals surface area contributed by atoms with Gasteiger partial charge in [0.25, 0.3) is 0 Å². The SMILES string of the molecule is CCn1c(-c2ccccc2)nn(C[NH+]2CCN(c3ccc(C(C)=O)cc3)CC2)c1=S. The average molecular weight is 423 g/mol. The zero-order valence-corrected chi connectivity index (χ0v) is 18.4. The number of rotatable bonds is 6. The summed E-state index contributed by atoms with van der Waals surface area (Å²) in [5.41, 5.74) is 3.04. The normalized spacial score (nSPS) is 14.8. The molecule has 30 heavy (non-hydrogen) atoms. The number of piperazine rings is 1. The lowest BCUT2D eigenvalue weighted by Crippen LogP contribution is -3.14. The van der Waals surface area contributed by atoms with Gasteiger partial charge in [-0.25, -0.2) is 0 Å². The fourth-order valence-electron chi connectivity index (χ4n) is 3.99. The van der Waals surface area contributed by atoms with Crippen LogP contribution >= 0.6 is 12.2 Å². The molecule has 0 radical (unpaired) electrons. The summed E-state index contributed by atoms with van der Waals surface area (Å²) in [6.07, 6.45) is 0. The van der Waals surface area contributed by atoms with Crippen LogP contribution in [-0.2, 0) is 13.2 Å². The second-order valence-corrected chi connectivity index (χ2v) is 8.08. The number of benzene rings is 2. The van der Waals surface area contributed by atoms with E-state index in [1.54, 1.807) is 6.92 Å². The highest BCUT2D eigenvalue weighted by Gasteiger charge is 2.22. The van der Waals surface area contributed by atoms with Crippen molar-refractivity contribution in [2.75, 3.05) is 31.1 Å². The topological polar surface area (TPSA) is 47.5 Å². The van der Waals surface area contributed by atoms with Crippen molar-refractivity contribution in [1.82, 2.24) is 14.3 Å².